The SMILES string of the molecule is CCCCC(CC)C(=O)Nc1nc(C)c(C(=O)OCC)s1. The minimum Gasteiger partial charge on any atom is -0.462 e. The highest BCUT2D eigenvalue weighted by molar-refractivity contribution is 7.17. The Labute approximate surface area is 130 Å². The molecular weight excluding hydrogens is 288 g/mol. The maximum Gasteiger partial charge on any atom is 0.350 e. The van der Waals surface area contributed by atoms with Crippen molar-refractivity contribution in [3.05, 3.63) is 10.6 Å². The summed E-state index contributed by atoms with van der Waals surface area (Å²) in [5.41, 5.74) is 0.593. The van der Waals surface area contributed by atoms with E-state index in [-0.39, 0.29) is 17.8 Å². The van der Waals surface area contributed by atoms with Crippen LogP contribution < -0.4 is 5.32 Å². The number of nitrogens with one attached hydrogen (secondary N) is 1. The molecule has 0 saturated carbocycles. The third kappa shape index (κ3) is 5.12. The molecule has 0 bridgehead atoms. The maximum absolute atomic E-state index is 12.2. The topological polar surface area (TPSA) is 68.3 Å². The van der Waals surface area contributed by atoms with E-state index in [4.69, 9.17) is 4.74 Å². The maximum atomic E-state index is 12.2. The van der Waals surface area contributed by atoms with Gasteiger partial charge in [0.05, 0.1) is 12.3 Å². The number of aromatic nitrogens is 1. The number of hydrogen-bond donors (Lipinski definition) is 1. The van der Waals surface area contributed by atoms with Crippen LogP contribution in [-0.4, -0.2) is 23.5 Å². The van der Waals surface area contributed by atoms with Crippen molar-refractivity contribution >= 4 is 28.3 Å². The van der Waals surface area contributed by atoms with E-state index in [1.165, 1.54) is 11.3 Å². The van der Waals surface area contributed by atoms with Crippen molar-refractivity contribution in [2.45, 2.75) is 53.4 Å². The minimum atomic E-state index is -0.383. The molecule has 1 N–H and O–H groups in total. The Morgan fingerprint density at radius 3 is 2.62 bits per heavy atom. The molecular formula is C15H24N2O3S. The summed E-state index contributed by atoms with van der Waals surface area (Å²) in [6, 6.07) is 0. The Morgan fingerprint density at radius 2 is 2.05 bits per heavy atom. The van der Waals surface area contributed by atoms with E-state index in [1.807, 2.05) is 6.92 Å². The summed E-state index contributed by atoms with van der Waals surface area (Å²) in [6.07, 6.45) is 3.80. The zero-order valence-electron chi connectivity index (χ0n) is 13.2. The van der Waals surface area contributed by atoms with Gasteiger partial charge in [-0.3, -0.25) is 4.79 Å². The van der Waals surface area contributed by atoms with Crippen LogP contribution in [0.5, 0.6) is 0 Å². The molecule has 0 aromatic carbocycles. The molecule has 0 saturated heterocycles. The van der Waals surface area contributed by atoms with Crippen molar-refractivity contribution in [3.8, 4) is 0 Å². The summed E-state index contributed by atoms with van der Waals surface area (Å²) in [5, 5.41) is 3.29. The number of thiazole rings is 1. The van der Waals surface area contributed by atoms with Gasteiger partial charge in [-0.25, -0.2) is 9.78 Å². The molecule has 1 aromatic rings. The molecule has 118 valence electrons. The third-order valence-corrected chi connectivity index (χ3v) is 4.31. The average molecular weight is 312 g/mol. The molecule has 1 rings (SSSR count). The van der Waals surface area contributed by atoms with E-state index in [2.05, 4.69) is 17.2 Å². The number of nitrogens with zero attached hydrogens (tertiary/aromatic N) is 1. The summed E-state index contributed by atoms with van der Waals surface area (Å²) >= 11 is 1.17. The van der Waals surface area contributed by atoms with Crippen molar-refractivity contribution in [2.75, 3.05) is 11.9 Å². The highest BCUT2D eigenvalue weighted by Crippen LogP contribution is 2.24. The normalized spacial score (nSPS) is 12.0. The zero-order chi connectivity index (χ0) is 15.8. The first-order valence-corrected chi connectivity index (χ1v) is 8.30. The van der Waals surface area contributed by atoms with Gasteiger partial charge in [-0.05, 0) is 26.7 Å². The lowest BCUT2D eigenvalue weighted by molar-refractivity contribution is -0.120. The quantitative estimate of drug-likeness (QED) is 0.742. The van der Waals surface area contributed by atoms with Crippen molar-refractivity contribution < 1.29 is 14.3 Å². The number of ether oxygens (including phenoxy) is 1. The van der Waals surface area contributed by atoms with Crippen molar-refractivity contribution in [1.29, 1.82) is 0 Å². The predicted octanol–water partition coefficient (Wildman–Crippen LogP) is 3.78. The van der Waals surface area contributed by atoms with Crippen molar-refractivity contribution in [3.63, 3.8) is 0 Å². The Bertz CT molecular complexity index is 485. The lowest BCUT2D eigenvalue weighted by Gasteiger charge is -2.12. The first-order valence-electron chi connectivity index (χ1n) is 7.48. The number of unbranched alkanes of at least 4 members (excludes halogenated alkanes) is 1. The number of rotatable bonds is 8. The number of esters is 1. The molecule has 0 aliphatic rings. The fourth-order valence-electron chi connectivity index (χ4n) is 2.01. The van der Waals surface area contributed by atoms with Gasteiger partial charge < -0.3 is 10.1 Å². The number of aryl methyl sites for hydroxylation is 1. The van der Waals surface area contributed by atoms with Crippen LogP contribution in [0.2, 0.25) is 0 Å². The average Bonchev–Trinajstić information content (AvgIpc) is 2.80. The number of amides is 1. The Kier molecular flexibility index (Phi) is 7.36. The second-order valence-electron chi connectivity index (χ2n) is 4.89. The Morgan fingerprint density at radius 1 is 1.33 bits per heavy atom. The van der Waals surface area contributed by atoms with Crippen LogP contribution in [0, 0.1) is 12.8 Å². The minimum absolute atomic E-state index is 0.000185. The van der Waals surface area contributed by atoms with Gasteiger partial charge in [-0.1, -0.05) is 38.0 Å². The van der Waals surface area contributed by atoms with Gasteiger partial charge in [0.2, 0.25) is 5.91 Å². The van der Waals surface area contributed by atoms with Gasteiger partial charge >= 0.3 is 5.97 Å². The number of carbonyl (C=O) groups is 2. The van der Waals surface area contributed by atoms with Gasteiger partial charge in [0.15, 0.2) is 5.13 Å². The van der Waals surface area contributed by atoms with E-state index in [0.29, 0.717) is 22.3 Å². The fourth-order valence-corrected chi connectivity index (χ4v) is 2.88. The first kappa shape index (κ1) is 17.6. The molecule has 0 radical (unpaired) electrons. The molecule has 1 amide bonds. The second kappa shape index (κ2) is 8.77. The van der Waals surface area contributed by atoms with Crippen LogP contribution >= 0.6 is 11.3 Å². The summed E-state index contributed by atoms with van der Waals surface area (Å²) in [4.78, 5) is 28.6. The molecule has 0 fully saturated rings. The fraction of sp³-hybridized carbons (Fsp3) is 0.667. The molecule has 21 heavy (non-hydrogen) atoms. The van der Waals surface area contributed by atoms with Crippen LogP contribution in [0.4, 0.5) is 5.13 Å². The highest BCUT2D eigenvalue weighted by atomic mass is 32.1. The molecule has 1 atom stereocenters. The number of anilines is 1. The molecule has 5 nitrogen and oxygen atoms in total. The van der Waals surface area contributed by atoms with Gasteiger partial charge in [-0.2, -0.15) is 0 Å². The molecule has 1 aromatic heterocycles. The van der Waals surface area contributed by atoms with Crippen LogP contribution in [0.1, 0.15) is 61.8 Å². The third-order valence-electron chi connectivity index (χ3n) is 3.26. The van der Waals surface area contributed by atoms with Crippen molar-refractivity contribution in [2.24, 2.45) is 5.92 Å². The summed E-state index contributed by atoms with van der Waals surface area (Å²) in [7, 11) is 0. The van der Waals surface area contributed by atoms with Gasteiger partial charge in [0.25, 0.3) is 0 Å². The second-order valence-corrected chi connectivity index (χ2v) is 5.89. The molecule has 6 heteroatoms. The first-order chi connectivity index (χ1) is 10.0. The van der Waals surface area contributed by atoms with Gasteiger partial charge in [-0.15, -0.1) is 0 Å². The molecule has 0 aliphatic heterocycles. The molecule has 1 heterocycles. The molecule has 0 spiro atoms. The Hall–Kier alpha value is -1.43. The van der Waals surface area contributed by atoms with E-state index in [0.717, 1.165) is 25.7 Å². The largest absolute Gasteiger partial charge is 0.462 e. The Balaban J connectivity index is 2.72. The molecule has 1 unspecified atom stereocenters. The lowest BCUT2D eigenvalue weighted by Crippen LogP contribution is -2.22. The van der Waals surface area contributed by atoms with Gasteiger partial charge in [0, 0.05) is 5.92 Å². The van der Waals surface area contributed by atoms with Gasteiger partial charge in [0.1, 0.15) is 4.88 Å². The van der Waals surface area contributed by atoms with E-state index in [9.17, 15) is 9.59 Å². The summed E-state index contributed by atoms with van der Waals surface area (Å²) in [6.45, 7) is 7.95. The lowest BCUT2D eigenvalue weighted by atomic mass is 9.99. The van der Waals surface area contributed by atoms with Crippen LogP contribution in [0.15, 0.2) is 0 Å². The van der Waals surface area contributed by atoms with Crippen molar-refractivity contribution in [1.82, 2.24) is 4.98 Å². The molecule has 0 aliphatic carbocycles. The number of hydrogen-bond acceptors (Lipinski definition) is 5. The van der Waals surface area contributed by atoms with Crippen LogP contribution in [-0.2, 0) is 9.53 Å². The predicted molar refractivity (Wildman–Crippen MR) is 84.7 cm³/mol. The van der Waals surface area contributed by atoms with Crippen LogP contribution in [0.3, 0.4) is 0 Å². The summed E-state index contributed by atoms with van der Waals surface area (Å²) in [5.74, 6) is -0.402. The standard InChI is InChI=1S/C15H24N2O3S/c1-5-8-9-11(6-2)13(18)17-15-16-10(4)12(21-15)14(19)20-7-3/h11H,5-9H2,1-4H3,(H,16,17,18). The highest BCUT2D eigenvalue weighted by Gasteiger charge is 2.20. The zero-order valence-corrected chi connectivity index (χ0v) is 14.0. The number of carbonyl (C=O) groups excluding carboxylic acids is 2. The van der Waals surface area contributed by atoms with E-state index >= 15 is 0 Å². The van der Waals surface area contributed by atoms with E-state index < -0.39 is 0 Å². The monoisotopic (exact) mass is 312 g/mol. The summed E-state index contributed by atoms with van der Waals surface area (Å²) < 4.78 is 4.97. The van der Waals surface area contributed by atoms with E-state index in [1.54, 1.807) is 13.8 Å². The van der Waals surface area contributed by atoms with Crippen LogP contribution in [0.25, 0.3) is 0 Å². The smallest absolute Gasteiger partial charge is 0.350 e.